The van der Waals surface area contributed by atoms with Crippen LogP contribution in [0.4, 0.5) is 23.1 Å². The van der Waals surface area contributed by atoms with E-state index >= 15 is 0 Å². The highest BCUT2D eigenvalue weighted by atomic mass is 16.5. The first kappa shape index (κ1) is 31.5. The van der Waals surface area contributed by atoms with Gasteiger partial charge in [-0.25, -0.2) is 4.98 Å². The van der Waals surface area contributed by atoms with Gasteiger partial charge in [0, 0.05) is 37.3 Å². The number of ether oxygens (including phenoxy) is 1. The fourth-order valence-corrected chi connectivity index (χ4v) is 6.49. The zero-order valence-corrected chi connectivity index (χ0v) is 25.8. The predicted molar refractivity (Wildman–Crippen MR) is 168 cm³/mol. The van der Waals surface area contributed by atoms with Crippen LogP contribution in [0.15, 0.2) is 18.2 Å². The lowest BCUT2D eigenvalue weighted by Gasteiger charge is -2.41. The highest BCUT2D eigenvalue weighted by Crippen LogP contribution is 2.40. The molecule has 0 unspecified atom stereocenters. The molecule has 2 fully saturated rings. The van der Waals surface area contributed by atoms with E-state index in [1.165, 1.54) is 0 Å². The van der Waals surface area contributed by atoms with Crippen LogP contribution in [0.5, 0.6) is 5.75 Å². The fraction of sp³-hybridized carbons (Fsp3) is 0.581. The van der Waals surface area contributed by atoms with Crippen LogP contribution in [0.2, 0.25) is 0 Å². The molecule has 2 aliphatic heterocycles. The molecule has 238 valence electrons. The second kappa shape index (κ2) is 13.8. The van der Waals surface area contributed by atoms with Gasteiger partial charge in [0.15, 0.2) is 5.82 Å². The van der Waals surface area contributed by atoms with Gasteiger partial charge < -0.3 is 41.3 Å². The standard InChI is InChI=1S/C31H44N8O5/c1-4-24-29(41)36-26-18(2)33-31(37-27(26)39(24)21-7-5-6-8-21)35-23-10-9-19(17-25(23)44-3)28(40)34-20-11-14-38(15-12-20)16-13-22(32)30(42)43/h9-10,17,20-22,24H,4-8,11-16,32H2,1-3H3,(H,34,40)(H,36,41)(H,42,43)(H,33,35,37)/t22-,24+/m0/s1. The zero-order chi connectivity index (χ0) is 31.4. The molecular weight excluding hydrogens is 564 g/mol. The van der Waals surface area contributed by atoms with Crippen LogP contribution >= 0.6 is 0 Å². The summed E-state index contributed by atoms with van der Waals surface area (Å²) in [5, 5.41) is 18.4. The van der Waals surface area contributed by atoms with Crippen molar-refractivity contribution in [2.75, 3.05) is 42.3 Å². The third kappa shape index (κ3) is 6.88. The van der Waals surface area contributed by atoms with Gasteiger partial charge in [-0.1, -0.05) is 19.8 Å². The van der Waals surface area contributed by atoms with Crippen LogP contribution in [0, 0.1) is 6.92 Å². The van der Waals surface area contributed by atoms with Crippen LogP contribution in [0.1, 0.15) is 74.3 Å². The molecule has 2 aromatic rings. The first-order chi connectivity index (χ1) is 21.2. The number of nitrogens with zero attached hydrogens (tertiary/aromatic N) is 4. The third-order valence-corrected chi connectivity index (χ3v) is 9.01. The second-order valence-corrected chi connectivity index (χ2v) is 12.0. The molecule has 0 spiro atoms. The van der Waals surface area contributed by atoms with Crippen LogP contribution in [-0.2, 0) is 9.59 Å². The van der Waals surface area contributed by atoms with Crippen molar-refractivity contribution in [3.05, 3.63) is 29.5 Å². The summed E-state index contributed by atoms with van der Waals surface area (Å²) in [6.45, 7) is 6.05. The second-order valence-electron chi connectivity index (χ2n) is 12.0. The van der Waals surface area contributed by atoms with Crippen molar-refractivity contribution in [2.24, 2.45) is 5.73 Å². The van der Waals surface area contributed by atoms with Crippen molar-refractivity contribution in [1.29, 1.82) is 0 Å². The van der Waals surface area contributed by atoms with Crippen LogP contribution in [0.3, 0.4) is 0 Å². The maximum atomic E-state index is 13.1. The Bertz CT molecular complexity index is 1370. The van der Waals surface area contributed by atoms with Gasteiger partial charge in [-0.2, -0.15) is 4.98 Å². The maximum absolute atomic E-state index is 13.1. The number of rotatable bonds is 11. The first-order valence-corrected chi connectivity index (χ1v) is 15.6. The Morgan fingerprint density at radius 3 is 2.57 bits per heavy atom. The Morgan fingerprint density at radius 2 is 1.91 bits per heavy atom. The molecule has 0 bridgehead atoms. The number of fused-ring (bicyclic) bond motifs is 1. The smallest absolute Gasteiger partial charge is 0.320 e. The molecule has 13 nitrogen and oxygen atoms in total. The normalized spacial score (nSPS) is 20.1. The number of anilines is 4. The summed E-state index contributed by atoms with van der Waals surface area (Å²) >= 11 is 0. The Balaban J connectivity index is 1.26. The average molecular weight is 609 g/mol. The third-order valence-electron chi connectivity index (χ3n) is 9.01. The Hall–Kier alpha value is -3.97. The number of hydrogen-bond acceptors (Lipinski definition) is 10. The van der Waals surface area contributed by atoms with E-state index in [0.29, 0.717) is 53.7 Å². The number of likely N-dealkylation sites (tertiary alicyclic amines) is 1. The van der Waals surface area contributed by atoms with Gasteiger partial charge in [-0.15, -0.1) is 0 Å². The summed E-state index contributed by atoms with van der Waals surface area (Å²) in [6.07, 6.45) is 6.99. The number of aliphatic carboxylic acids is 1. The van der Waals surface area contributed by atoms with Crippen molar-refractivity contribution >= 4 is 40.9 Å². The minimum Gasteiger partial charge on any atom is -0.495 e. The number of aryl methyl sites for hydroxylation is 1. The number of carboxylic acid groups (broad SMARTS) is 1. The van der Waals surface area contributed by atoms with Gasteiger partial charge in [0.05, 0.1) is 18.5 Å². The quantitative estimate of drug-likeness (QED) is 0.254. The molecule has 3 heterocycles. The highest BCUT2D eigenvalue weighted by Gasteiger charge is 2.39. The Kier molecular flexibility index (Phi) is 9.84. The van der Waals surface area contributed by atoms with E-state index in [1.807, 2.05) is 13.8 Å². The Labute approximate surface area is 257 Å². The molecule has 6 N–H and O–H groups in total. The largest absolute Gasteiger partial charge is 0.495 e. The predicted octanol–water partition coefficient (Wildman–Crippen LogP) is 3.01. The average Bonchev–Trinajstić information content (AvgIpc) is 3.55. The van der Waals surface area contributed by atoms with Gasteiger partial charge in [0.25, 0.3) is 5.91 Å². The fourth-order valence-electron chi connectivity index (χ4n) is 6.49. The number of aromatic nitrogens is 2. The summed E-state index contributed by atoms with van der Waals surface area (Å²) < 4.78 is 5.65. The number of nitrogens with one attached hydrogen (secondary N) is 3. The molecular formula is C31H44N8O5. The van der Waals surface area contributed by atoms with E-state index in [2.05, 4.69) is 30.7 Å². The highest BCUT2D eigenvalue weighted by molar-refractivity contribution is 6.03. The molecule has 0 radical (unpaired) electrons. The van der Waals surface area contributed by atoms with Gasteiger partial charge >= 0.3 is 5.97 Å². The van der Waals surface area contributed by atoms with Crippen LogP contribution in [0.25, 0.3) is 0 Å². The number of carbonyl (C=O) groups is 3. The minimum atomic E-state index is -0.986. The molecule has 44 heavy (non-hydrogen) atoms. The molecule has 13 heteroatoms. The lowest BCUT2D eigenvalue weighted by atomic mass is 10.0. The number of methoxy groups -OCH3 is 1. The molecule has 1 saturated heterocycles. The lowest BCUT2D eigenvalue weighted by molar-refractivity contribution is -0.138. The van der Waals surface area contributed by atoms with E-state index in [-0.39, 0.29) is 29.9 Å². The van der Waals surface area contributed by atoms with Gasteiger partial charge in [-0.3, -0.25) is 14.4 Å². The molecule has 3 aliphatic rings. The van der Waals surface area contributed by atoms with Gasteiger partial charge in [-0.05, 0) is 63.6 Å². The molecule has 1 saturated carbocycles. The van der Waals surface area contributed by atoms with E-state index in [1.54, 1.807) is 25.3 Å². The summed E-state index contributed by atoms with van der Waals surface area (Å²) in [5.74, 6) is 0.427. The van der Waals surface area contributed by atoms with Crippen molar-refractivity contribution in [1.82, 2.24) is 20.2 Å². The number of carboxylic acids is 1. The number of amides is 2. The van der Waals surface area contributed by atoms with Crippen LogP contribution in [-0.4, -0.2) is 88.7 Å². The number of carbonyl (C=O) groups excluding carboxylic acids is 2. The van der Waals surface area contributed by atoms with Gasteiger partial charge in [0.2, 0.25) is 11.9 Å². The van der Waals surface area contributed by atoms with Crippen molar-refractivity contribution in [3.63, 3.8) is 0 Å². The van der Waals surface area contributed by atoms with Gasteiger partial charge in [0.1, 0.15) is 23.5 Å². The molecule has 5 rings (SSSR count). The van der Waals surface area contributed by atoms with Crippen molar-refractivity contribution < 1.29 is 24.2 Å². The topological polar surface area (TPSA) is 175 Å². The lowest BCUT2D eigenvalue weighted by Crippen LogP contribution is -2.52. The molecule has 1 aliphatic carbocycles. The van der Waals surface area contributed by atoms with E-state index in [0.717, 1.165) is 57.4 Å². The van der Waals surface area contributed by atoms with E-state index < -0.39 is 12.0 Å². The SMILES string of the molecule is CC[C@@H]1C(=O)Nc2c(C)nc(Nc3ccc(C(=O)NC4CCN(CC[C@H](N)C(=O)O)CC4)cc3OC)nc2N1C1CCCC1. The van der Waals surface area contributed by atoms with E-state index in [9.17, 15) is 14.4 Å². The summed E-state index contributed by atoms with van der Waals surface area (Å²) in [7, 11) is 1.55. The van der Waals surface area contributed by atoms with E-state index in [4.69, 9.17) is 20.6 Å². The molecule has 1 aromatic heterocycles. The summed E-state index contributed by atoms with van der Waals surface area (Å²) in [5.41, 5.74) is 8.06. The monoisotopic (exact) mass is 608 g/mol. The zero-order valence-electron chi connectivity index (χ0n) is 25.8. The molecule has 2 atom stereocenters. The number of benzene rings is 1. The molecule has 2 amide bonds. The molecule has 1 aromatic carbocycles. The number of piperidine rings is 1. The maximum Gasteiger partial charge on any atom is 0.320 e. The Morgan fingerprint density at radius 1 is 1.18 bits per heavy atom. The van der Waals surface area contributed by atoms with Crippen LogP contribution < -0.4 is 31.3 Å². The summed E-state index contributed by atoms with van der Waals surface area (Å²) in [4.78, 5) is 51.0. The van der Waals surface area contributed by atoms with Crippen molar-refractivity contribution in [3.8, 4) is 5.75 Å². The number of nitrogens with two attached hydrogens (primary N) is 1. The first-order valence-electron chi connectivity index (χ1n) is 15.6. The minimum absolute atomic E-state index is 0.0131. The van der Waals surface area contributed by atoms with Crippen molar-refractivity contribution in [2.45, 2.75) is 89.4 Å². The summed E-state index contributed by atoms with van der Waals surface area (Å²) in [6, 6.07) is 4.38. The number of hydrogen-bond donors (Lipinski definition) is 5.